The number of benzene rings is 3. The number of rotatable bonds is 2. The van der Waals surface area contributed by atoms with Crippen molar-refractivity contribution in [3.63, 3.8) is 0 Å². The van der Waals surface area contributed by atoms with E-state index in [1.807, 2.05) is 12.1 Å². The zero-order valence-electron chi connectivity index (χ0n) is 14.0. The van der Waals surface area contributed by atoms with Gasteiger partial charge in [-0.05, 0) is 42.8 Å². The number of para-hydroxylation sites is 1. The quantitative estimate of drug-likeness (QED) is 0.680. The Hall–Kier alpha value is -2.59. The second-order valence-corrected chi connectivity index (χ2v) is 7.82. The molecule has 0 aliphatic carbocycles. The molecular formula is C21H20O3S. The van der Waals surface area contributed by atoms with Crippen molar-refractivity contribution in [2.75, 3.05) is 0 Å². The molecule has 1 aliphatic rings. The van der Waals surface area contributed by atoms with E-state index in [0.717, 1.165) is 12.2 Å². The molecule has 4 heteroatoms. The minimum atomic E-state index is -3.34. The average Bonchev–Trinajstić information content (AvgIpc) is 3.04. The molecule has 25 heavy (non-hydrogen) atoms. The summed E-state index contributed by atoms with van der Waals surface area (Å²) in [6.45, 7) is 2.10. The third-order valence-corrected chi connectivity index (χ3v) is 5.70. The largest absolute Gasteiger partial charge is 0.490 e. The molecule has 128 valence electrons. The minimum absolute atomic E-state index is 0.330. The van der Waals surface area contributed by atoms with Gasteiger partial charge in [0, 0.05) is 6.42 Å². The first-order chi connectivity index (χ1) is 12.1. The third-order valence-electron chi connectivity index (χ3n) is 3.92. The van der Waals surface area contributed by atoms with E-state index in [0.29, 0.717) is 15.9 Å². The SMILES string of the molecule is CC1Cc2ccccc2O1.O=S(=O)(c1ccccc1)c1ccccc1. The molecule has 0 N–H and O–H groups in total. The normalized spacial score (nSPS) is 15.5. The van der Waals surface area contributed by atoms with Crippen LogP contribution in [0.1, 0.15) is 12.5 Å². The van der Waals surface area contributed by atoms with Crippen LogP contribution in [0.4, 0.5) is 0 Å². The highest BCUT2D eigenvalue weighted by Crippen LogP contribution is 2.27. The fourth-order valence-corrected chi connectivity index (χ4v) is 3.99. The van der Waals surface area contributed by atoms with Crippen LogP contribution in [0.5, 0.6) is 5.75 Å². The lowest BCUT2D eigenvalue weighted by Gasteiger charge is -2.03. The Morgan fingerprint density at radius 3 is 1.76 bits per heavy atom. The number of sulfone groups is 1. The van der Waals surface area contributed by atoms with Crippen LogP contribution in [-0.2, 0) is 16.3 Å². The van der Waals surface area contributed by atoms with Crippen molar-refractivity contribution < 1.29 is 13.2 Å². The fourth-order valence-electron chi connectivity index (χ4n) is 2.69. The standard InChI is InChI=1S/C12H10O2S.C9H10O/c13-15(14,11-7-3-1-4-8-11)12-9-5-2-6-10-12;1-7-6-8-4-2-3-5-9(8)10-7/h1-10H;2-5,7H,6H2,1H3. The van der Waals surface area contributed by atoms with E-state index in [9.17, 15) is 8.42 Å². The first-order valence-corrected chi connectivity index (χ1v) is 9.65. The summed E-state index contributed by atoms with van der Waals surface area (Å²) in [6.07, 6.45) is 1.44. The average molecular weight is 352 g/mol. The van der Waals surface area contributed by atoms with Crippen molar-refractivity contribution in [3.05, 3.63) is 90.5 Å². The zero-order chi connectivity index (χ0) is 17.7. The van der Waals surface area contributed by atoms with Gasteiger partial charge in [-0.25, -0.2) is 8.42 Å². The molecule has 0 fully saturated rings. The number of hydrogen-bond donors (Lipinski definition) is 0. The predicted octanol–water partition coefficient (Wildman–Crippen LogP) is 4.53. The van der Waals surface area contributed by atoms with Crippen molar-refractivity contribution >= 4 is 9.84 Å². The lowest BCUT2D eigenvalue weighted by molar-refractivity contribution is 0.254. The molecule has 0 aromatic heterocycles. The van der Waals surface area contributed by atoms with Gasteiger partial charge in [0.25, 0.3) is 0 Å². The summed E-state index contributed by atoms with van der Waals surface area (Å²) in [7, 11) is -3.34. The molecule has 0 saturated heterocycles. The molecule has 3 aromatic carbocycles. The maximum Gasteiger partial charge on any atom is 0.206 e. The molecule has 0 radical (unpaired) electrons. The molecule has 0 bridgehead atoms. The van der Waals surface area contributed by atoms with Gasteiger partial charge in [0.2, 0.25) is 9.84 Å². The highest BCUT2D eigenvalue weighted by molar-refractivity contribution is 7.91. The van der Waals surface area contributed by atoms with Gasteiger partial charge in [-0.2, -0.15) is 0 Å². The van der Waals surface area contributed by atoms with Gasteiger partial charge in [0.15, 0.2) is 0 Å². The van der Waals surface area contributed by atoms with Crippen molar-refractivity contribution in [3.8, 4) is 5.75 Å². The van der Waals surface area contributed by atoms with Crippen LogP contribution < -0.4 is 4.74 Å². The molecule has 3 nitrogen and oxygen atoms in total. The molecule has 1 heterocycles. The van der Waals surface area contributed by atoms with E-state index in [1.54, 1.807) is 60.7 Å². The maximum absolute atomic E-state index is 12.0. The van der Waals surface area contributed by atoms with E-state index in [2.05, 4.69) is 19.1 Å². The Morgan fingerprint density at radius 1 is 0.760 bits per heavy atom. The lowest BCUT2D eigenvalue weighted by atomic mass is 10.1. The van der Waals surface area contributed by atoms with Crippen LogP contribution in [-0.4, -0.2) is 14.5 Å². The molecule has 1 atom stereocenters. The first kappa shape index (κ1) is 17.2. The molecule has 0 spiro atoms. The Bertz CT molecular complexity index is 849. The fraction of sp³-hybridized carbons (Fsp3) is 0.143. The Balaban J connectivity index is 0.000000157. The summed E-state index contributed by atoms with van der Waals surface area (Å²) >= 11 is 0. The van der Waals surface area contributed by atoms with Gasteiger partial charge >= 0.3 is 0 Å². The summed E-state index contributed by atoms with van der Waals surface area (Å²) in [5, 5.41) is 0. The first-order valence-electron chi connectivity index (χ1n) is 8.17. The van der Waals surface area contributed by atoms with E-state index < -0.39 is 9.84 Å². The van der Waals surface area contributed by atoms with Gasteiger partial charge in [0.05, 0.1) is 9.79 Å². The zero-order valence-corrected chi connectivity index (χ0v) is 14.8. The molecule has 1 aliphatic heterocycles. The summed E-state index contributed by atoms with van der Waals surface area (Å²) in [6, 6.07) is 25.1. The second kappa shape index (κ2) is 7.53. The molecule has 0 amide bonds. The Labute approximate surface area is 148 Å². The van der Waals surface area contributed by atoms with Gasteiger partial charge in [0.1, 0.15) is 11.9 Å². The Morgan fingerprint density at radius 2 is 1.24 bits per heavy atom. The molecule has 3 aromatic rings. The van der Waals surface area contributed by atoms with Gasteiger partial charge in [-0.15, -0.1) is 0 Å². The third kappa shape index (κ3) is 4.09. The van der Waals surface area contributed by atoms with Gasteiger partial charge in [-0.3, -0.25) is 0 Å². The minimum Gasteiger partial charge on any atom is -0.490 e. The highest BCUT2D eigenvalue weighted by atomic mass is 32.2. The van der Waals surface area contributed by atoms with Gasteiger partial charge < -0.3 is 4.74 Å². The summed E-state index contributed by atoms with van der Waals surface area (Å²) in [5.74, 6) is 1.06. The predicted molar refractivity (Wildman–Crippen MR) is 98.6 cm³/mol. The van der Waals surface area contributed by atoms with E-state index in [4.69, 9.17) is 4.74 Å². The highest BCUT2D eigenvalue weighted by Gasteiger charge is 2.17. The van der Waals surface area contributed by atoms with Crippen LogP contribution in [0.3, 0.4) is 0 Å². The van der Waals surface area contributed by atoms with Crippen LogP contribution in [0.15, 0.2) is 94.7 Å². The van der Waals surface area contributed by atoms with Crippen LogP contribution in [0.2, 0.25) is 0 Å². The van der Waals surface area contributed by atoms with E-state index >= 15 is 0 Å². The summed E-state index contributed by atoms with van der Waals surface area (Å²) in [5.41, 5.74) is 1.34. The van der Waals surface area contributed by atoms with Crippen molar-refractivity contribution in [2.24, 2.45) is 0 Å². The number of hydrogen-bond acceptors (Lipinski definition) is 3. The number of fused-ring (bicyclic) bond motifs is 1. The summed E-state index contributed by atoms with van der Waals surface area (Å²) in [4.78, 5) is 0.660. The van der Waals surface area contributed by atoms with Gasteiger partial charge in [-0.1, -0.05) is 54.6 Å². The van der Waals surface area contributed by atoms with Crippen molar-refractivity contribution in [2.45, 2.75) is 29.2 Å². The topological polar surface area (TPSA) is 43.4 Å². The summed E-state index contributed by atoms with van der Waals surface area (Å²) < 4.78 is 29.6. The monoisotopic (exact) mass is 352 g/mol. The van der Waals surface area contributed by atoms with Crippen molar-refractivity contribution in [1.29, 1.82) is 0 Å². The molecular weight excluding hydrogens is 332 g/mol. The number of ether oxygens (including phenoxy) is 1. The van der Waals surface area contributed by atoms with Crippen molar-refractivity contribution in [1.82, 2.24) is 0 Å². The van der Waals surface area contributed by atoms with E-state index in [-0.39, 0.29) is 0 Å². The molecule has 0 saturated carbocycles. The lowest BCUT2D eigenvalue weighted by Crippen LogP contribution is -2.05. The van der Waals surface area contributed by atoms with E-state index in [1.165, 1.54) is 5.56 Å². The molecule has 4 rings (SSSR count). The second-order valence-electron chi connectivity index (χ2n) is 5.87. The van der Waals surface area contributed by atoms with Crippen LogP contribution >= 0.6 is 0 Å². The maximum atomic E-state index is 12.0. The molecule has 1 unspecified atom stereocenters. The van der Waals surface area contributed by atoms with Crippen LogP contribution in [0, 0.1) is 0 Å². The Kier molecular flexibility index (Phi) is 5.19. The smallest absolute Gasteiger partial charge is 0.206 e. The van der Waals surface area contributed by atoms with Crippen LogP contribution in [0.25, 0.3) is 0 Å².